The molecular weight excluding hydrogens is 280 g/mol. The van der Waals surface area contributed by atoms with Crippen LogP contribution in [-0.4, -0.2) is 7.11 Å². The van der Waals surface area contributed by atoms with Crippen molar-refractivity contribution in [2.75, 3.05) is 7.11 Å². The molecule has 1 aliphatic carbocycles. The summed E-state index contributed by atoms with van der Waals surface area (Å²) in [5.41, 5.74) is 6.60. The van der Waals surface area contributed by atoms with Gasteiger partial charge in [0, 0.05) is 5.92 Å². The molecule has 1 atom stereocenters. The van der Waals surface area contributed by atoms with Crippen LogP contribution in [-0.2, 0) is 0 Å². The van der Waals surface area contributed by atoms with Gasteiger partial charge in [0.05, 0.1) is 7.11 Å². The van der Waals surface area contributed by atoms with Gasteiger partial charge in [-0.1, -0.05) is 72.8 Å². The highest BCUT2D eigenvalue weighted by Crippen LogP contribution is 2.42. The zero-order valence-electron chi connectivity index (χ0n) is 13.1. The van der Waals surface area contributed by atoms with Gasteiger partial charge in [-0.05, 0) is 40.0 Å². The number of ether oxygens (including phenoxy) is 1. The van der Waals surface area contributed by atoms with E-state index in [2.05, 4.69) is 72.8 Å². The van der Waals surface area contributed by atoms with Crippen molar-refractivity contribution in [1.29, 1.82) is 0 Å². The van der Waals surface area contributed by atoms with E-state index in [1.165, 1.54) is 27.8 Å². The van der Waals surface area contributed by atoms with E-state index in [1.807, 2.05) is 12.1 Å². The summed E-state index contributed by atoms with van der Waals surface area (Å²) in [6.07, 6.45) is 2.38. The van der Waals surface area contributed by atoms with Gasteiger partial charge in [-0.15, -0.1) is 0 Å². The fourth-order valence-corrected chi connectivity index (χ4v) is 3.32. The molecule has 1 heteroatoms. The van der Waals surface area contributed by atoms with Crippen molar-refractivity contribution < 1.29 is 4.74 Å². The van der Waals surface area contributed by atoms with Crippen molar-refractivity contribution in [3.63, 3.8) is 0 Å². The van der Waals surface area contributed by atoms with E-state index >= 15 is 0 Å². The topological polar surface area (TPSA) is 9.23 Å². The number of hydrogen-bond acceptors (Lipinski definition) is 1. The molecule has 0 N–H and O–H groups in total. The van der Waals surface area contributed by atoms with Gasteiger partial charge in [0.25, 0.3) is 0 Å². The zero-order valence-corrected chi connectivity index (χ0v) is 13.1. The van der Waals surface area contributed by atoms with Crippen LogP contribution in [0, 0.1) is 0 Å². The summed E-state index contributed by atoms with van der Waals surface area (Å²) in [7, 11) is 1.70. The molecule has 0 spiro atoms. The molecule has 0 bridgehead atoms. The highest BCUT2D eigenvalue weighted by Gasteiger charge is 2.24. The number of benzene rings is 3. The first kappa shape index (κ1) is 13.8. The number of fused-ring (bicyclic) bond motifs is 1. The summed E-state index contributed by atoms with van der Waals surface area (Å²) in [5.74, 6) is 1.19. The summed E-state index contributed by atoms with van der Waals surface area (Å²) in [5, 5.41) is 0. The van der Waals surface area contributed by atoms with Gasteiger partial charge in [0.15, 0.2) is 0 Å². The van der Waals surface area contributed by atoms with E-state index in [0.717, 1.165) is 5.75 Å². The van der Waals surface area contributed by atoms with Crippen LogP contribution < -0.4 is 4.74 Å². The van der Waals surface area contributed by atoms with Gasteiger partial charge in [0.2, 0.25) is 0 Å². The average Bonchev–Trinajstić information content (AvgIpc) is 3.02. The molecule has 3 aromatic rings. The predicted octanol–water partition coefficient (Wildman–Crippen LogP) is 5.27. The Hall–Kier alpha value is -2.80. The number of hydrogen-bond donors (Lipinski definition) is 0. The maximum atomic E-state index is 5.28. The van der Waals surface area contributed by atoms with Crippen molar-refractivity contribution >= 4 is 5.57 Å². The molecule has 23 heavy (non-hydrogen) atoms. The van der Waals surface area contributed by atoms with Crippen molar-refractivity contribution in [3.8, 4) is 5.75 Å². The van der Waals surface area contributed by atoms with Gasteiger partial charge >= 0.3 is 0 Å². The molecule has 1 aliphatic rings. The molecule has 1 unspecified atom stereocenters. The lowest BCUT2D eigenvalue weighted by molar-refractivity contribution is 0.414. The van der Waals surface area contributed by atoms with E-state index in [0.29, 0.717) is 5.92 Å². The van der Waals surface area contributed by atoms with Crippen LogP contribution in [0.3, 0.4) is 0 Å². The maximum Gasteiger partial charge on any atom is 0.118 e. The molecule has 0 amide bonds. The third-order valence-corrected chi connectivity index (χ3v) is 4.48. The Bertz CT molecular complexity index is 845. The van der Waals surface area contributed by atoms with Crippen molar-refractivity contribution in [1.82, 2.24) is 0 Å². The van der Waals surface area contributed by atoms with E-state index in [1.54, 1.807) is 7.11 Å². The van der Waals surface area contributed by atoms with Crippen LogP contribution in [0.15, 0.2) is 84.9 Å². The minimum absolute atomic E-state index is 0.298. The molecule has 0 aromatic heterocycles. The zero-order chi connectivity index (χ0) is 15.6. The molecule has 0 saturated carbocycles. The first-order valence-corrected chi connectivity index (χ1v) is 7.87. The number of allylic oxidation sites excluding steroid dienone is 1. The average molecular weight is 298 g/mol. The fraction of sp³-hybridized carbons (Fsp3) is 0.0909. The van der Waals surface area contributed by atoms with E-state index in [4.69, 9.17) is 4.74 Å². The second kappa shape index (κ2) is 5.77. The third kappa shape index (κ3) is 2.44. The monoisotopic (exact) mass is 298 g/mol. The second-order valence-corrected chi connectivity index (χ2v) is 5.78. The maximum absolute atomic E-state index is 5.28. The minimum atomic E-state index is 0.298. The van der Waals surface area contributed by atoms with Gasteiger partial charge in [0.1, 0.15) is 5.75 Å². The molecule has 112 valence electrons. The van der Waals surface area contributed by atoms with Gasteiger partial charge in [-0.2, -0.15) is 0 Å². The Morgan fingerprint density at radius 1 is 0.739 bits per heavy atom. The molecule has 0 radical (unpaired) electrons. The molecular formula is C22H18O. The Morgan fingerprint density at radius 3 is 2.17 bits per heavy atom. The molecule has 3 aromatic carbocycles. The highest BCUT2D eigenvalue weighted by molar-refractivity contribution is 5.86. The standard InChI is InChI=1S/C22H18O/c1-23-18-13-11-17(12-14-18)22-15-21(16-7-3-2-4-8-16)19-9-5-6-10-20(19)22/h2-15,22H,1H3. The fourth-order valence-electron chi connectivity index (χ4n) is 3.32. The van der Waals surface area contributed by atoms with Crippen LogP contribution >= 0.6 is 0 Å². The lowest BCUT2D eigenvalue weighted by Crippen LogP contribution is -1.95. The first-order chi connectivity index (χ1) is 11.4. The van der Waals surface area contributed by atoms with Gasteiger partial charge in [-0.25, -0.2) is 0 Å². The largest absolute Gasteiger partial charge is 0.497 e. The van der Waals surface area contributed by atoms with Gasteiger partial charge < -0.3 is 4.74 Å². The quantitative estimate of drug-likeness (QED) is 0.640. The SMILES string of the molecule is COc1ccc(C2C=C(c3ccccc3)c3ccccc32)cc1. The molecule has 4 rings (SSSR count). The number of rotatable bonds is 3. The molecule has 0 heterocycles. The van der Waals surface area contributed by atoms with Crippen LogP contribution in [0.2, 0.25) is 0 Å². The summed E-state index contributed by atoms with van der Waals surface area (Å²) in [6.45, 7) is 0. The van der Waals surface area contributed by atoms with Crippen LogP contribution in [0.5, 0.6) is 5.75 Å². The summed E-state index contributed by atoms with van der Waals surface area (Å²) >= 11 is 0. The minimum Gasteiger partial charge on any atom is -0.497 e. The third-order valence-electron chi connectivity index (χ3n) is 4.48. The molecule has 0 fully saturated rings. The Labute approximate surface area is 136 Å². The molecule has 0 saturated heterocycles. The van der Waals surface area contributed by atoms with Crippen LogP contribution in [0.25, 0.3) is 5.57 Å². The Morgan fingerprint density at radius 2 is 1.43 bits per heavy atom. The van der Waals surface area contributed by atoms with E-state index < -0.39 is 0 Å². The Balaban J connectivity index is 1.82. The first-order valence-electron chi connectivity index (χ1n) is 7.87. The second-order valence-electron chi connectivity index (χ2n) is 5.78. The lowest BCUT2D eigenvalue weighted by atomic mass is 9.93. The highest BCUT2D eigenvalue weighted by atomic mass is 16.5. The number of methoxy groups -OCH3 is 1. The molecule has 0 aliphatic heterocycles. The van der Waals surface area contributed by atoms with Crippen molar-refractivity contribution in [2.45, 2.75) is 5.92 Å². The van der Waals surface area contributed by atoms with E-state index in [9.17, 15) is 0 Å². The van der Waals surface area contributed by atoms with E-state index in [-0.39, 0.29) is 0 Å². The van der Waals surface area contributed by atoms with Crippen molar-refractivity contribution in [2.24, 2.45) is 0 Å². The Kier molecular flexibility index (Phi) is 3.47. The lowest BCUT2D eigenvalue weighted by Gasteiger charge is -2.12. The van der Waals surface area contributed by atoms with Crippen LogP contribution in [0.4, 0.5) is 0 Å². The van der Waals surface area contributed by atoms with Crippen molar-refractivity contribution in [3.05, 3.63) is 107 Å². The summed E-state index contributed by atoms with van der Waals surface area (Å²) < 4.78 is 5.28. The predicted molar refractivity (Wildman–Crippen MR) is 94.8 cm³/mol. The smallest absolute Gasteiger partial charge is 0.118 e. The van der Waals surface area contributed by atoms with Gasteiger partial charge in [-0.3, -0.25) is 0 Å². The molecule has 1 nitrogen and oxygen atoms in total. The summed E-state index contributed by atoms with van der Waals surface area (Å²) in [4.78, 5) is 0. The van der Waals surface area contributed by atoms with Crippen LogP contribution in [0.1, 0.15) is 28.2 Å². The normalized spacial score (nSPS) is 15.9. The summed E-state index contributed by atoms with van der Waals surface area (Å²) in [6, 6.07) is 27.7.